The van der Waals surface area contributed by atoms with Crippen molar-refractivity contribution in [1.82, 2.24) is 0 Å². The number of phosphoric acid groups is 1. The summed E-state index contributed by atoms with van der Waals surface area (Å²) in [6.45, 7) is 12.0. The summed E-state index contributed by atoms with van der Waals surface area (Å²) < 4.78 is 8.88. The first kappa shape index (κ1) is 30.7. The van der Waals surface area contributed by atoms with Gasteiger partial charge in [-0.15, -0.1) is 0 Å². The van der Waals surface area contributed by atoms with Crippen LogP contribution in [0.3, 0.4) is 0 Å². The summed E-state index contributed by atoms with van der Waals surface area (Å²) in [5, 5.41) is 0. The van der Waals surface area contributed by atoms with Gasteiger partial charge in [-0.1, -0.05) is 78.1 Å². The molecule has 0 atom stereocenters. The molecule has 0 aromatic carbocycles. The first-order chi connectivity index (χ1) is 9.83. The van der Waals surface area contributed by atoms with E-state index in [0.29, 0.717) is 0 Å². The Labute approximate surface area is 153 Å². The largest absolute Gasteiger partial charge is 2.00 e. The predicted molar refractivity (Wildman–Crippen MR) is 91.7 cm³/mol. The van der Waals surface area contributed by atoms with Crippen molar-refractivity contribution in [2.24, 2.45) is 0 Å². The van der Waals surface area contributed by atoms with Crippen LogP contribution in [0, 0.1) is 13.8 Å². The van der Waals surface area contributed by atoms with Crippen molar-refractivity contribution in [1.29, 1.82) is 0 Å². The molecule has 4 nitrogen and oxygen atoms in total. The van der Waals surface area contributed by atoms with Crippen molar-refractivity contribution in [2.45, 2.75) is 90.9 Å². The van der Waals surface area contributed by atoms with Gasteiger partial charge in [0.25, 0.3) is 0 Å². The van der Waals surface area contributed by atoms with Crippen molar-refractivity contribution in [2.75, 3.05) is 0 Å². The van der Waals surface area contributed by atoms with E-state index in [2.05, 4.69) is 27.7 Å². The van der Waals surface area contributed by atoms with Gasteiger partial charge in [-0.3, -0.25) is 0 Å². The zero-order valence-corrected chi connectivity index (χ0v) is 17.1. The Morgan fingerprint density at radius 1 is 0.682 bits per heavy atom. The van der Waals surface area contributed by atoms with Gasteiger partial charge < -0.3 is 28.5 Å². The summed E-state index contributed by atoms with van der Waals surface area (Å²) in [5.74, 6) is 0. The van der Waals surface area contributed by atoms with Gasteiger partial charge in [0, 0.05) is 0 Å². The van der Waals surface area contributed by atoms with Crippen molar-refractivity contribution in [3.05, 3.63) is 13.8 Å². The fraction of sp³-hybridized carbons (Fsp3) is 0.875. The van der Waals surface area contributed by atoms with Crippen LogP contribution < -0.4 is 0 Å². The average molecular weight is 372 g/mol. The molecule has 6 heteroatoms. The molecule has 0 amide bonds. The second-order valence-electron chi connectivity index (χ2n) is 5.05. The van der Waals surface area contributed by atoms with Gasteiger partial charge in [-0.05, 0) is 0 Å². The maximum Gasteiger partial charge on any atom is 2.00 e. The molecule has 0 unspecified atom stereocenters. The predicted octanol–water partition coefficient (Wildman–Crippen LogP) is 5.43. The third-order valence-corrected chi connectivity index (χ3v) is 2.71. The summed E-state index contributed by atoms with van der Waals surface area (Å²) in [6.07, 6.45) is 16.0. The average Bonchev–Trinajstić information content (AvgIpc) is 2.39. The molecule has 0 saturated carbocycles. The Morgan fingerprint density at radius 3 is 1.09 bits per heavy atom. The van der Waals surface area contributed by atoms with E-state index in [1.54, 1.807) is 0 Å². The second kappa shape index (κ2) is 26.7. The van der Waals surface area contributed by atoms with Gasteiger partial charge in [-0.2, -0.15) is 12.8 Å². The molecule has 0 aromatic heterocycles. The molecule has 0 spiro atoms. The van der Waals surface area contributed by atoms with E-state index in [9.17, 15) is 0 Å². The zero-order valence-electron chi connectivity index (χ0n) is 14.6. The van der Waals surface area contributed by atoms with Gasteiger partial charge in [0.15, 0.2) is 0 Å². The maximum atomic E-state index is 8.88. The van der Waals surface area contributed by atoms with E-state index in [4.69, 9.17) is 19.2 Å². The molecule has 0 heterocycles. The third-order valence-electron chi connectivity index (χ3n) is 2.71. The molecule has 0 rings (SSSR count). The quantitative estimate of drug-likeness (QED) is 0.207. The zero-order chi connectivity index (χ0) is 17.0. The Kier molecular flexibility index (Phi) is 37.2. The molecule has 3 N–H and O–H groups in total. The minimum absolute atomic E-state index is 0. The van der Waals surface area contributed by atoms with Crippen LogP contribution in [0.2, 0.25) is 0 Å². The first-order valence-corrected chi connectivity index (χ1v) is 9.76. The van der Waals surface area contributed by atoms with Crippen LogP contribution in [-0.4, -0.2) is 14.7 Å². The molecule has 0 aliphatic rings. The topological polar surface area (TPSA) is 77.8 Å². The van der Waals surface area contributed by atoms with E-state index in [0.717, 1.165) is 12.8 Å². The Balaban J connectivity index is -0.000000111. The van der Waals surface area contributed by atoms with Crippen LogP contribution in [0.1, 0.15) is 90.9 Å². The van der Waals surface area contributed by atoms with Gasteiger partial charge in [-0.25, -0.2) is 4.57 Å². The van der Waals surface area contributed by atoms with E-state index < -0.39 is 7.82 Å². The summed E-state index contributed by atoms with van der Waals surface area (Å²) in [4.78, 5) is 21.6. The molecule has 0 fully saturated rings. The molecular weight excluding hydrogens is 335 g/mol. The molecule has 22 heavy (non-hydrogen) atoms. The minimum atomic E-state index is -4.64. The molecule has 0 saturated heterocycles. The molecule has 0 aromatic rings. The number of rotatable bonds is 10. The fourth-order valence-electron chi connectivity index (χ4n) is 1.56. The van der Waals surface area contributed by atoms with Crippen LogP contribution in [-0.2, 0) is 26.3 Å². The number of hydrogen-bond donors (Lipinski definition) is 3. The first-order valence-electron chi connectivity index (χ1n) is 8.20. The summed E-state index contributed by atoms with van der Waals surface area (Å²) in [5.41, 5.74) is 0. The number of hydrogen-bond acceptors (Lipinski definition) is 1. The van der Waals surface area contributed by atoms with Gasteiger partial charge in [0.05, 0.1) is 0 Å². The molecular formula is C16H37O4PTi. The normalized spacial score (nSPS) is 9.77. The fourth-order valence-corrected chi connectivity index (χ4v) is 1.56. The van der Waals surface area contributed by atoms with E-state index >= 15 is 0 Å². The minimum Gasteiger partial charge on any atom is -0.343 e. The van der Waals surface area contributed by atoms with Crippen molar-refractivity contribution in [3.8, 4) is 0 Å². The molecule has 0 aliphatic carbocycles. The summed E-state index contributed by atoms with van der Waals surface area (Å²) >= 11 is 0. The molecule has 0 radical (unpaired) electrons. The van der Waals surface area contributed by atoms with E-state index in [1.165, 1.54) is 64.2 Å². The molecule has 0 aliphatic heterocycles. The Hall–Kier alpha value is 0.824. The van der Waals surface area contributed by atoms with Crippen LogP contribution in [0.5, 0.6) is 0 Å². The maximum absolute atomic E-state index is 8.88. The smallest absolute Gasteiger partial charge is 0.343 e. The molecule has 134 valence electrons. The van der Waals surface area contributed by atoms with Crippen LogP contribution in [0.15, 0.2) is 0 Å². The number of unbranched alkanes of at least 4 members (excludes halogenated alkanes) is 10. The van der Waals surface area contributed by atoms with E-state index in [1.807, 2.05) is 0 Å². The van der Waals surface area contributed by atoms with Crippen molar-refractivity contribution >= 4 is 7.82 Å². The van der Waals surface area contributed by atoms with E-state index in [-0.39, 0.29) is 21.7 Å². The molecule has 0 bridgehead atoms. The summed E-state index contributed by atoms with van der Waals surface area (Å²) in [7, 11) is -4.64. The van der Waals surface area contributed by atoms with Crippen molar-refractivity contribution < 1.29 is 41.0 Å². The Bertz CT molecular complexity index is 178. The van der Waals surface area contributed by atoms with Crippen LogP contribution in [0.4, 0.5) is 0 Å². The van der Waals surface area contributed by atoms with Gasteiger partial charge in [0.2, 0.25) is 0 Å². The monoisotopic (exact) mass is 372 g/mol. The summed E-state index contributed by atoms with van der Waals surface area (Å²) in [6, 6.07) is 0. The third kappa shape index (κ3) is 69.9. The standard InChI is InChI=1S/2C8H17.H3O4P.Ti/c2*1-3-5-7-8-6-4-2;1-5(2,3)4;/h2*1,3-8H2,2H3;(H3,1,2,3,4);/q2*-1;;+2. The van der Waals surface area contributed by atoms with Crippen LogP contribution >= 0.6 is 7.82 Å². The Morgan fingerprint density at radius 2 is 0.909 bits per heavy atom. The van der Waals surface area contributed by atoms with Gasteiger partial charge in [0.1, 0.15) is 0 Å². The van der Waals surface area contributed by atoms with Crippen molar-refractivity contribution in [3.63, 3.8) is 0 Å². The van der Waals surface area contributed by atoms with Gasteiger partial charge >= 0.3 is 29.5 Å². The SMILES string of the molecule is O=P(O)(O)O.[CH2-]CCCCCCC.[CH2-]CCCCCCC.[Ti+2]. The second-order valence-corrected chi connectivity index (χ2v) is 6.08. The van der Waals surface area contributed by atoms with Crippen LogP contribution in [0.25, 0.3) is 0 Å².